The first kappa shape index (κ1) is 12.9. The Labute approximate surface area is 113 Å². The molecule has 0 radical (unpaired) electrons. The first-order valence-electron chi connectivity index (χ1n) is 5.86. The van der Waals surface area contributed by atoms with E-state index in [9.17, 15) is 0 Å². The Hall–Kier alpha value is -1.51. The molecule has 0 amide bonds. The molecule has 18 heavy (non-hydrogen) atoms. The highest BCUT2D eigenvalue weighted by Gasteiger charge is 2.03. The molecule has 94 valence electrons. The second kappa shape index (κ2) is 5.89. The minimum absolute atomic E-state index is 0.726. The van der Waals surface area contributed by atoms with E-state index in [1.54, 1.807) is 0 Å². The number of rotatable bonds is 4. The third-order valence-electron chi connectivity index (χ3n) is 2.64. The van der Waals surface area contributed by atoms with Crippen LogP contribution in [-0.2, 0) is 6.54 Å². The van der Waals surface area contributed by atoms with Crippen molar-refractivity contribution < 1.29 is 4.74 Å². The number of benzene rings is 2. The average Bonchev–Trinajstić information content (AvgIpc) is 2.34. The first-order valence-corrected chi connectivity index (χ1v) is 6.24. The van der Waals surface area contributed by atoms with Gasteiger partial charge in [0.25, 0.3) is 0 Å². The fourth-order valence-electron chi connectivity index (χ4n) is 1.78. The highest BCUT2D eigenvalue weighted by Crippen LogP contribution is 2.27. The fourth-order valence-corrected chi connectivity index (χ4v) is 2.00. The molecule has 0 aliphatic carbocycles. The predicted octanol–water partition coefficient (Wildman–Crippen LogP) is 4.16. The maximum absolute atomic E-state index is 5.92. The minimum Gasteiger partial charge on any atom is -0.457 e. The minimum atomic E-state index is 0.726. The van der Waals surface area contributed by atoms with Crippen LogP contribution in [0.15, 0.2) is 42.5 Å². The van der Waals surface area contributed by atoms with E-state index in [1.165, 1.54) is 5.56 Å². The molecule has 0 heterocycles. The fraction of sp³-hybridized carbons (Fsp3) is 0.200. The van der Waals surface area contributed by atoms with E-state index >= 15 is 0 Å². The van der Waals surface area contributed by atoms with Crippen molar-refractivity contribution in [3.05, 3.63) is 58.6 Å². The lowest BCUT2D eigenvalue weighted by Crippen LogP contribution is -2.04. The Morgan fingerprint density at radius 1 is 1.17 bits per heavy atom. The monoisotopic (exact) mass is 261 g/mol. The molecular weight excluding hydrogens is 246 g/mol. The molecule has 0 aromatic heterocycles. The number of nitrogens with one attached hydrogen (secondary N) is 1. The zero-order chi connectivity index (χ0) is 13.0. The molecule has 0 fully saturated rings. The Bertz CT molecular complexity index is 540. The van der Waals surface area contributed by atoms with Crippen molar-refractivity contribution in [2.45, 2.75) is 13.5 Å². The van der Waals surface area contributed by atoms with Gasteiger partial charge in [0, 0.05) is 11.6 Å². The lowest BCUT2D eigenvalue weighted by Gasteiger charge is -2.10. The lowest BCUT2D eigenvalue weighted by molar-refractivity contribution is 0.478. The molecule has 1 N–H and O–H groups in total. The van der Waals surface area contributed by atoms with Crippen LogP contribution in [0.2, 0.25) is 5.02 Å². The van der Waals surface area contributed by atoms with Gasteiger partial charge < -0.3 is 10.1 Å². The molecule has 2 nitrogen and oxygen atoms in total. The Morgan fingerprint density at radius 2 is 2.00 bits per heavy atom. The normalized spacial score (nSPS) is 10.4. The van der Waals surface area contributed by atoms with Crippen molar-refractivity contribution in [2.24, 2.45) is 0 Å². The van der Waals surface area contributed by atoms with E-state index < -0.39 is 0 Å². The summed E-state index contributed by atoms with van der Waals surface area (Å²) in [5.41, 5.74) is 2.23. The van der Waals surface area contributed by atoms with Gasteiger partial charge in [0.05, 0.1) is 0 Å². The van der Waals surface area contributed by atoms with Crippen molar-refractivity contribution in [1.82, 2.24) is 5.32 Å². The molecule has 2 aromatic rings. The van der Waals surface area contributed by atoms with Crippen LogP contribution >= 0.6 is 11.6 Å². The summed E-state index contributed by atoms with van der Waals surface area (Å²) in [6.07, 6.45) is 0. The second-order valence-corrected chi connectivity index (χ2v) is 4.63. The SMILES string of the molecule is CNCc1cccc(Oc2ccc(Cl)cc2C)c1. The Morgan fingerprint density at radius 3 is 2.72 bits per heavy atom. The molecule has 0 atom stereocenters. The van der Waals surface area contributed by atoms with Crippen molar-refractivity contribution >= 4 is 11.6 Å². The number of hydrogen-bond acceptors (Lipinski definition) is 2. The molecule has 0 unspecified atom stereocenters. The van der Waals surface area contributed by atoms with Crippen LogP contribution in [0.4, 0.5) is 0 Å². The molecular formula is C15H16ClNO. The van der Waals surface area contributed by atoms with Crippen LogP contribution in [-0.4, -0.2) is 7.05 Å². The second-order valence-electron chi connectivity index (χ2n) is 4.19. The van der Waals surface area contributed by atoms with Gasteiger partial charge in [-0.15, -0.1) is 0 Å². The standard InChI is InChI=1S/C15H16ClNO/c1-11-8-13(16)6-7-15(11)18-14-5-3-4-12(9-14)10-17-2/h3-9,17H,10H2,1-2H3. The molecule has 2 aromatic carbocycles. The number of hydrogen-bond donors (Lipinski definition) is 1. The summed E-state index contributed by atoms with van der Waals surface area (Å²) in [4.78, 5) is 0. The largest absolute Gasteiger partial charge is 0.457 e. The van der Waals surface area contributed by atoms with E-state index in [2.05, 4.69) is 11.4 Å². The molecule has 3 heteroatoms. The van der Waals surface area contributed by atoms with Gasteiger partial charge in [-0.25, -0.2) is 0 Å². The van der Waals surface area contributed by atoms with E-state index in [0.29, 0.717) is 0 Å². The van der Waals surface area contributed by atoms with E-state index in [1.807, 2.05) is 50.4 Å². The van der Waals surface area contributed by atoms with Crippen LogP contribution in [0, 0.1) is 6.92 Å². The Balaban J connectivity index is 2.20. The summed E-state index contributed by atoms with van der Waals surface area (Å²) >= 11 is 5.92. The molecule has 2 rings (SSSR count). The zero-order valence-corrected chi connectivity index (χ0v) is 11.3. The summed E-state index contributed by atoms with van der Waals surface area (Å²) < 4.78 is 5.86. The van der Waals surface area contributed by atoms with Crippen molar-refractivity contribution in [1.29, 1.82) is 0 Å². The maximum Gasteiger partial charge on any atom is 0.130 e. The van der Waals surface area contributed by atoms with Gasteiger partial charge in [0.15, 0.2) is 0 Å². The van der Waals surface area contributed by atoms with Crippen LogP contribution in [0.1, 0.15) is 11.1 Å². The number of aryl methyl sites for hydroxylation is 1. The first-order chi connectivity index (χ1) is 8.69. The molecule has 0 spiro atoms. The topological polar surface area (TPSA) is 21.3 Å². The van der Waals surface area contributed by atoms with Crippen LogP contribution in [0.25, 0.3) is 0 Å². The highest BCUT2D eigenvalue weighted by molar-refractivity contribution is 6.30. The van der Waals surface area contributed by atoms with Gasteiger partial charge in [0.1, 0.15) is 11.5 Å². The smallest absolute Gasteiger partial charge is 0.130 e. The predicted molar refractivity (Wildman–Crippen MR) is 75.5 cm³/mol. The van der Waals surface area contributed by atoms with Crippen molar-refractivity contribution in [2.75, 3.05) is 7.05 Å². The van der Waals surface area contributed by atoms with Crippen LogP contribution in [0.3, 0.4) is 0 Å². The molecule has 0 saturated heterocycles. The Kier molecular flexibility index (Phi) is 4.24. The molecule has 0 aliphatic heterocycles. The summed E-state index contributed by atoms with van der Waals surface area (Å²) in [6, 6.07) is 13.7. The summed E-state index contributed by atoms with van der Waals surface area (Å²) in [5, 5.41) is 3.85. The molecule has 0 bridgehead atoms. The average molecular weight is 262 g/mol. The molecule has 0 saturated carbocycles. The van der Waals surface area contributed by atoms with Gasteiger partial charge in [0.2, 0.25) is 0 Å². The van der Waals surface area contributed by atoms with Gasteiger partial charge >= 0.3 is 0 Å². The van der Waals surface area contributed by atoms with Gasteiger partial charge in [-0.2, -0.15) is 0 Å². The highest BCUT2D eigenvalue weighted by atomic mass is 35.5. The van der Waals surface area contributed by atoms with E-state index in [0.717, 1.165) is 28.6 Å². The van der Waals surface area contributed by atoms with Gasteiger partial charge in [-0.1, -0.05) is 23.7 Å². The quantitative estimate of drug-likeness (QED) is 0.892. The van der Waals surface area contributed by atoms with Crippen LogP contribution < -0.4 is 10.1 Å². The zero-order valence-electron chi connectivity index (χ0n) is 10.5. The number of halogens is 1. The summed E-state index contributed by atoms with van der Waals surface area (Å²) in [5.74, 6) is 1.68. The van der Waals surface area contributed by atoms with E-state index in [4.69, 9.17) is 16.3 Å². The third kappa shape index (κ3) is 3.25. The summed E-state index contributed by atoms with van der Waals surface area (Å²) in [7, 11) is 1.93. The summed E-state index contributed by atoms with van der Waals surface area (Å²) in [6.45, 7) is 2.81. The molecule has 0 aliphatic rings. The third-order valence-corrected chi connectivity index (χ3v) is 2.88. The number of ether oxygens (including phenoxy) is 1. The maximum atomic E-state index is 5.92. The van der Waals surface area contributed by atoms with Crippen LogP contribution in [0.5, 0.6) is 11.5 Å². The van der Waals surface area contributed by atoms with Crippen molar-refractivity contribution in [3.63, 3.8) is 0 Å². The van der Waals surface area contributed by atoms with Gasteiger partial charge in [-0.05, 0) is 55.4 Å². The van der Waals surface area contributed by atoms with E-state index in [-0.39, 0.29) is 0 Å². The van der Waals surface area contributed by atoms with Gasteiger partial charge in [-0.3, -0.25) is 0 Å². The van der Waals surface area contributed by atoms with Crippen molar-refractivity contribution in [3.8, 4) is 11.5 Å². The lowest BCUT2D eigenvalue weighted by atomic mass is 10.2.